The van der Waals surface area contributed by atoms with E-state index in [2.05, 4.69) is 31.2 Å². The highest BCUT2D eigenvalue weighted by molar-refractivity contribution is 5.81. The third-order valence-corrected chi connectivity index (χ3v) is 5.88. The second-order valence-electron chi connectivity index (χ2n) is 8.40. The molecule has 4 aromatic rings. The van der Waals surface area contributed by atoms with Crippen molar-refractivity contribution in [2.75, 3.05) is 31.6 Å². The quantitative estimate of drug-likeness (QED) is 0.421. The van der Waals surface area contributed by atoms with E-state index in [0.717, 1.165) is 58.5 Å². The van der Waals surface area contributed by atoms with Crippen LogP contribution in [-0.2, 0) is 7.05 Å². The molecule has 8 heteroatoms. The van der Waals surface area contributed by atoms with Crippen LogP contribution in [0.25, 0.3) is 22.0 Å². The zero-order valence-electron chi connectivity index (χ0n) is 18.9. The third kappa shape index (κ3) is 4.85. The van der Waals surface area contributed by atoms with Gasteiger partial charge < -0.3 is 10.1 Å². The number of hydrogen-bond donors (Lipinski definition) is 1. The van der Waals surface area contributed by atoms with E-state index >= 15 is 0 Å². The van der Waals surface area contributed by atoms with Crippen LogP contribution in [0.4, 0.5) is 16.0 Å². The molecule has 1 saturated heterocycles. The van der Waals surface area contributed by atoms with Crippen molar-refractivity contribution in [1.29, 1.82) is 0 Å². The summed E-state index contributed by atoms with van der Waals surface area (Å²) < 4.78 is 20.8. The summed E-state index contributed by atoms with van der Waals surface area (Å²) in [5, 5.41) is 8.48. The number of anilines is 2. The lowest BCUT2D eigenvalue weighted by Gasteiger charge is -2.17. The highest BCUT2D eigenvalue weighted by atomic mass is 19.1. The van der Waals surface area contributed by atoms with E-state index in [4.69, 9.17) is 11.2 Å². The molecule has 172 valence electrons. The molecule has 1 N–H and O–H groups in total. The van der Waals surface area contributed by atoms with Crippen molar-refractivity contribution >= 4 is 22.5 Å². The van der Waals surface area contributed by atoms with Crippen LogP contribution in [0.1, 0.15) is 12.0 Å². The van der Waals surface area contributed by atoms with Gasteiger partial charge in [-0.05, 0) is 42.3 Å². The molecule has 0 saturated carbocycles. The van der Waals surface area contributed by atoms with Gasteiger partial charge in [0.05, 0.1) is 11.7 Å². The van der Waals surface area contributed by atoms with Crippen molar-refractivity contribution in [3.63, 3.8) is 0 Å². The molecule has 1 aliphatic rings. The van der Waals surface area contributed by atoms with Crippen molar-refractivity contribution in [3.8, 4) is 29.2 Å². The molecular formula is C26H25FN6O. The number of aryl methyl sites for hydroxylation is 1. The van der Waals surface area contributed by atoms with Crippen LogP contribution < -0.4 is 10.1 Å². The Kier molecular flexibility index (Phi) is 6.11. The van der Waals surface area contributed by atoms with Gasteiger partial charge in [-0.25, -0.2) is 14.4 Å². The minimum absolute atomic E-state index is 0.0193. The van der Waals surface area contributed by atoms with E-state index < -0.39 is 0 Å². The minimum Gasteiger partial charge on any atom is -0.489 e. The molecule has 2 aromatic heterocycles. The van der Waals surface area contributed by atoms with E-state index in [9.17, 15) is 4.39 Å². The molecule has 1 atom stereocenters. The number of nitrogens with one attached hydrogen (secondary N) is 1. The fourth-order valence-corrected chi connectivity index (χ4v) is 4.20. The van der Waals surface area contributed by atoms with Crippen LogP contribution >= 0.6 is 0 Å². The van der Waals surface area contributed by atoms with Gasteiger partial charge in [-0.2, -0.15) is 5.10 Å². The minimum atomic E-state index is -0.340. The molecule has 2 aromatic carbocycles. The highest BCUT2D eigenvalue weighted by Crippen LogP contribution is 2.31. The number of likely N-dealkylation sites (tertiary alicyclic amines) is 1. The zero-order chi connectivity index (χ0) is 23.5. The predicted molar refractivity (Wildman–Crippen MR) is 131 cm³/mol. The van der Waals surface area contributed by atoms with Crippen molar-refractivity contribution in [2.24, 2.45) is 7.05 Å². The fourth-order valence-electron chi connectivity index (χ4n) is 4.20. The number of ether oxygens (including phenoxy) is 1. The van der Waals surface area contributed by atoms with Gasteiger partial charge in [0.1, 0.15) is 18.5 Å². The number of terminal acetylenes is 1. The van der Waals surface area contributed by atoms with Crippen LogP contribution in [0.5, 0.6) is 5.75 Å². The van der Waals surface area contributed by atoms with Crippen LogP contribution in [0, 0.1) is 12.3 Å². The molecule has 0 aliphatic carbocycles. The topological polar surface area (TPSA) is 68.1 Å². The van der Waals surface area contributed by atoms with E-state index in [1.807, 2.05) is 55.8 Å². The van der Waals surface area contributed by atoms with Gasteiger partial charge in [-0.3, -0.25) is 9.58 Å². The summed E-state index contributed by atoms with van der Waals surface area (Å²) in [6, 6.07) is 11.6. The molecule has 34 heavy (non-hydrogen) atoms. The molecule has 0 spiro atoms. The highest BCUT2D eigenvalue weighted by Gasteiger charge is 2.24. The monoisotopic (exact) mass is 456 g/mol. The van der Waals surface area contributed by atoms with Gasteiger partial charge in [0.15, 0.2) is 0 Å². The van der Waals surface area contributed by atoms with Gasteiger partial charge in [0, 0.05) is 67.3 Å². The largest absolute Gasteiger partial charge is 0.489 e. The van der Waals surface area contributed by atoms with Gasteiger partial charge in [-0.15, -0.1) is 6.42 Å². The first-order valence-corrected chi connectivity index (χ1v) is 11.2. The number of hydrogen-bond acceptors (Lipinski definition) is 6. The summed E-state index contributed by atoms with van der Waals surface area (Å²) in [5.74, 6) is 3.84. The van der Waals surface area contributed by atoms with E-state index in [1.54, 1.807) is 10.9 Å². The average Bonchev–Trinajstić information content (AvgIpc) is 3.47. The van der Waals surface area contributed by atoms with Gasteiger partial charge in [0.25, 0.3) is 0 Å². The number of nitrogens with zero attached hydrogens (tertiary/aromatic N) is 5. The standard InChI is InChI=1S/C26H25FN6O/c1-3-18-4-5-25-20(10-18)14-28-26(31-25)30-22-11-19(21-15-29-32(2)16-21)12-24(13-22)34-23-6-8-33(17-23)9-7-27/h1,4-5,10-16,23H,6-9,17H2,2H3,(H,28,30,31). The number of alkyl halides is 1. The lowest BCUT2D eigenvalue weighted by molar-refractivity contribution is 0.196. The Morgan fingerprint density at radius 1 is 1.21 bits per heavy atom. The summed E-state index contributed by atoms with van der Waals surface area (Å²) in [4.78, 5) is 11.2. The van der Waals surface area contributed by atoms with Crippen LogP contribution in [0.15, 0.2) is 55.0 Å². The number of benzene rings is 2. The molecule has 1 unspecified atom stereocenters. The second kappa shape index (κ2) is 9.49. The molecule has 1 fully saturated rings. The average molecular weight is 457 g/mol. The Labute approximate surface area is 197 Å². The smallest absolute Gasteiger partial charge is 0.227 e. The molecule has 7 nitrogen and oxygen atoms in total. The summed E-state index contributed by atoms with van der Waals surface area (Å²) >= 11 is 0. The predicted octanol–water partition coefficient (Wildman–Crippen LogP) is 4.18. The zero-order valence-corrected chi connectivity index (χ0v) is 18.9. The summed E-state index contributed by atoms with van der Waals surface area (Å²) in [7, 11) is 1.88. The number of halogens is 1. The third-order valence-electron chi connectivity index (χ3n) is 5.88. The van der Waals surface area contributed by atoms with Crippen molar-refractivity contribution in [1.82, 2.24) is 24.6 Å². The summed E-state index contributed by atoms with van der Waals surface area (Å²) in [6.45, 7) is 1.67. The maximum absolute atomic E-state index is 12.7. The Bertz CT molecular complexity index is 1360. The molecule has 1 aliphatic heterocycles. The first-order valence-electron chi connectivity index (χ1n) is 11.2. The fraction of sp³-hybridized carbons (Fsp3) is 0.269. The van der Waals surface area contributed by atoms with E-state index in [0.29, 0.717) is 12.5 Å². The Hall–Kier alpha value is -3.96. The maximum atomic E-state index is 12.7. The second-order valence-corrected chi connectivity index (χ2v) is 8.40. The lowest BCUT2D eigenvalue weighted by Crippen LogP contribution is -2.26. The SMILES string of the molecule is C#Cc1ccc2nc(Nc3cc(OC4CCN(CCF)C4)cc(-c4cnn(C)c4)c3)ncc2c1. The van der Waals surface area contributed by atoms with Crippen molar-refractivity contribution in [3.05, 3.63) is 60.6 Å². The maximum Gasteiger partial charge on any atom is 0.227 e. The normalized spacial score (nSPS) is 16.0. The number of aromatic nitrogens is 4. The lowest BCUT2D eigenvalue weighted by atomic mass is 10.1. The van der Waals surface area contributed by atoms with Crippen LogP contribution in [0.2, 0.25) is 0 Å². The van der Waals surface area contributed by atoms with Crippen LogP contribution in [-0.4, -0.2) is 57.1 Å². The van der Waals surface area contributed by atoms with Gasteiger partial charge in [-0.1, -0.05) is 5.92 Å². The van der Waals surface area contributed by atoms with Crippen molar-refractivity contribution < 1.29 is 9.13 Å². The van der Waals surface area contributed by atoms with Crippen LogP contribution in [0.3, 0.4) is 0 Å². The first-order chi connectivity index (χ1) is 16.6. The summed E-state index contributed by atoms with van der Waals surface area (Å²) in [6.07, 6.45) is 11.9. The molecular weight excluding hydrogens is 431 g/mol. The molecule has 0 bridgehead atoms. The van der Waals surface area contributed by atoms with Gasteiger partial charge >= 0.3 is 0 Å². The summed E-state index contributed by atoms with van der Waals surface area (Å²) in [5.41, 5.74) is 4.33. The van der Waals surface area contributed by atoms with Crippen molar-refractivity contribution in [2.45, 2.75) is 12.5 Å². The Morgan fingerprint density at radius 3 is 2.91 bits per heavy atom. The Morgan fingerprint density at radius 2 is 2.12 bits per heavy atom. The van der Waals surface area contributed by atoms with Gasteiger partial charge in [0.2, 0.25) is 5.95 Å². The molecule has 5 rings (SSSR count). The molecule has 0 radical (unpaired) electrons. The Balaban J connectivity index is 1.43. The molecule has 0 amide bonds. The first kappa shape index (κ1) is 21.9. The molecule has 3 heterocycles. The van der Waals surface area contributed by atoms with E-state index in [1.165, 1.54) is 0 Å². The van der Waals surface area contributed by atoms with E-state index in [-0.39, 0.29) is 12.8 Å². The number of rotatable bonds is 7. The number of fused-ring (bicyclic) bond motifs is 1.